The zero-order valence-electron chi connectivity index (χ0n) is 12.4. The number of carbonyl (C=O) groups excluding carboxylic acids is 2. The largest absolute Gasteiger partial charge is 0.480 e. The Morgan fingerprint density at radius 1 is 1.25 bits per heavy atom. The van der Waals surface area contributed by atoms with Gasteiger partial charge in [-0.15, -0.1) is 0 Å². The van der Waals surface area contributed by atoms with Crippen molar-refractivity contribution in [3.63, 3.8) is 0 Å². The van der Waals surface area contributed by atoms with Crippen molar-refractivity contribution in [2.75, 3.05) is 6.61 Å². The van der Waals surface area contributed by atoms with Crippen LogP contribution in [0.25, 0.3) is 0 Å². The number of carbonyl (C=O) groups is 3. The molecule has 0 aliphatic heterocycles. The minimum Gasteiger partial charge on any atom is -0.480 e. The van der Waals surface area contributed by atoms with E-state index in [1.165, 1.54) is 0 Å². The quantitative estimate of drug-likeness (QED) is 0.546. The maximum atomic E-state index is 11.5. The van der Waals surface area contributed by atoms with Gasteiger partial charge in [0.25, 0.3) is 0 Å². The Kier molecular flexibility index (Phi) is 7.64. The van der Waals surface area contributed by atoms with Crippen molar-refractivity contribution in [2.24, 2.45) is 0 Å². The number of rotatable bonds is 7. The lowest BCUT2D eigenvalue weighted by Crippen LogP contribution is -2.43. The molecule has 116 valence electrons. The fraction of sp³-hybridized carbons (Fsp3) is 0.769. The Morgan fingerprint density at radius 2 is 1.85 bits per heavy atom. The maximum Gasteiger partial charge on any atom is 0.407 e. The molecule has 0 spiro atoms. The van der Waals surface area contributed by atoms with E-state index in [0.717, 1.165) is 6.42 Å². The summed E-state index contributed by atoms with van der Waals surface area (Å²) in [5.41, 5.74) is -0.707. The predicted molar refractivity (Wildman–Crippen MR) is 71.3 cm³/mol. The Hall–Kier alpha value is -1.79. The van der Waals surface area contributed by atoms with Crippen molar-refractivity contribution in [2.45, 2.75) is 58.6 Å². The van der Waals surface area contributed by atoms with Crippen LogP contribution < -0.4 is 5.32 Å². The zero-order valence-corrected chi connectivity index (χ0v) is 12.4. The van der Waals surface area contributed by atoms with Crippen molar-refractivity contribution in [1.29, 1.82) is 0 Å². The zero-order chi connectivity index (χ0) is 15.8. The van der Waals surface area contributed by atoms with Crippen LogP contribution in [0.3, 0.4) is 0 Å². The van der Waals surface area contributed by atoms with E-state index in [-0.39, 0.29) is 6.61 Å². The highest BCUT2D eigenvalue weighted by molar-refractivity contribution is 5.85. The lowest BCUT2D eigenvalue weighted by molar-refractivity contribution is -0.158. The molecule has 0 saturated heterocycles. The summed E-state index contributed by atoms with van der Waals surface area (Å²) >= 11 is 0. The third kappa shape index (κ3) is 9.18. The van der Waals surface area contributed by atoms with Gasteiger partial charge in [0.15, 0.2) is 0 Å². The number of esters is 1. The van der Waals surface area contributed by atoms with Crippen molar-refractivity contribution < 1.29 is 29.0 Å². The highest BCUT2D eigenvalue weighted by Gasteiger charge is 2.26. The van der Waals surface area contributed by atoms with Crippen LogP contribution in [0.5, 0.6) is 0 Å². The molecule has 0 saturated carbocycles. The number of unbranched alkanes of at least 4 members (excludes halogenated alkanes) is 1. The molecule has 0 heterocycles. The number of nitrogens with one attached hydrogen (secondary N) is 1. The minimum atomic E-state index is -1.36. The number of hydrogen-bond donors (Lipinski definition) is 2. The first-order chi connectivity index (χ1) is 9.15. The van der Waals surface area contributed by atoms with Crippen LogP contribution in [0.2, 0.25) is 0 Å². The van der Waals surface area contributed by atoms with Crippen LogP contribution in [0, 0.1) is 0 Å². The van der Waals surface area contributed by atoms with E-state index in [2.05, 4.69) is 5.32 Å². The number of hydrogen-bond acceptors (Lipinski definition) is 5. The monoisotopic (exact) mass is 289 g/mol. The van der Waals surface area contributed by atoms with Crippen molar-refractivity contribution in [3.05, 3.63) is 0 Å². The molecule has 0 rings (SSSR count). The van der Waals surface area contributed by atoms with E-state index < -0.39 is 36.1 Å². The molecule has 1 atom stereocenters. The average Bonchev–Trinajstić information content (AvgIpc) is 2.25. The van der Waals surface area contributed by atoms with Gasteiger partial charge in [0.05, 0.1) is 13.0 Å². The van der Waals surface area contributed by atoms with E-state index in [4.69, 9.17) is 14.6 Å². The molecule has 0 aromatic heterocycles. The van der Waals surface area contributed by atoms with Gasteiger partial charge in [-0.3, -0.25) is 4.79 Å². The second-order valence-electron chi connectivity index (χ2n) is 5.32. The average molecular weight is 289 g/mol. The summed E-state index contributed by atoms with van der Waals surface area (Å²) in [6.07, 6.45) is 0.245. The number of ether oxygens (including phenoxy) is 2. The second-order valence-corrected chi connectivity index (χ2v) is 5.32. The Balaban J connectivity index is 4.33. The van der Waals surface area contributed by atoms with Gasteiger partial charge in [-0.25, -0.2) is 9.59 Å². The molecule has 0 aliphatic rings. The summed E-state index contributed by atoms with van der Waals surface area (Å²) in [7, 11) is 0. The number of amides is 1. The van der Waals surface area contributed by atoms with E-state index in [1.54, 1.807) is 20.8 Å². The summed E-state index contributed by atoms with van der Waals surface area (Å²) < 4.78 is 9.78. The van der Waals surface area contributed by atoms with Gasteiger partial charge in [0.2, 0.25) is 0 Å². The summed E-state index contributed by atoms with van der Waals surface area (Å²) in [6, 6.07) is -1.36. The van der Waals surface area contributed by atoms with Crippen LogP contribution in [0.1, 0.15) is 47.0 Å². The van der Waals surface area contributed by atoms with Gasteiger partial charge in [0.1, 0.15) is 11.6 Å². The molecule has 0 aromatic rings. The number of carboxylic acid groups (broad SMARTS) is 1. The molecular weight excluding hydrogens is 266 g/mol. The highest BCUT2D eigenvalue weighted by atomic mass is 16.6. The number of carboxylic acids is 1. The fourth-order valence-corrected chi connectivity index (χ4v) is 1.24. The van der Waals surface area contributed by atoms with Gasteiger partial charge in [-0.05, 0) is 27.2 Å². The van der Waals surface area contributed by atoms with E-state index >= 15 is 0 Å². The molecule has 2 N–H and O–H groups in total. The number of alkyl carbamates (subject to hydrolysis) is 1. The van der Waals surface area contributed by atoms with Crippen LogP contribution >= 0.6 is 0 Å². The summed E-state index contributed by atoms with van der Waals surface area (Å²) in [4.78, 5) is 33.9. The Bertz CT molecular complexity index is 347. The SMILES string of the molecule is CCCCOC(=O)N[C@@H](CC(=O)OC(C)(C)C)C(=O)O. The van der Waals surface area contributed by atoms with E-state index in [9.17, 15) is 14.4 Å². The van der Waals surface area contributed by atoms with Crippen molar-refractivity contribution >= 4 is 18.0 Å². The molecule has 7 nitrogen and oxygen atoms in total. The molecule has 0 aromatic carbocycles. The molecule has 0 fully saturated rings. The van der Waals surface area contributed by atoms with Crippen LogP contribution in [0.15, 0.2) is 0 Å². The van der Waals surface area contributed by atoms with Gasteiger partial charge >= 0.3 is 18.0 Å². The van der Waals surface area contributed by atoms with Gasteiger partial charge in [0, 0.05) is 0 Å². The first-order valence-electron chi connectivity index (χ1n) is 6.53. The topological polar surface area (TPSA) is 102 Å². The molecule has 20 heavy (non-hydrogen) atoms. The standard InChI is InChI=1S/C13H23NO6/c1-5-6-7-19-12(18)14-9(11(16)17)8-10(15)20-13(2,3)4/h9H,5-8H2,1-4H3,(H,14,18)(H,16,17)/t9-/m0/s1. The van der Waals surface area contributed by atoms with Crippen molar-refractivity contribution in [1.82, 2.24) is 5.32 Å². The minimum absolute atomic E-state index is 0.209. The first-order valence-corrected chi connectivity index (χ1v) is 6.53. The Morgan fingerprint density at radius 3 is 2.30 bits per heavy atom. The highest BCUT2D eigenvalue weighted by Crippen LogP contribution is 2.09. The molecular formula is C13H23NO6. The molecule has 0 bridgehead atoms. The maximum absolute atomic E-state index is 11.5. The predicted octanol–water partition coefficient (Wildman–Crippen LogP) is 1.70. The third-order valence-electron chi connectivity index (χ3n) is 2.11. The first kappa shape index (κ1) is 18.2. The van der Waals surface area contributed by atoms with E-state index in [1.807, 2.05) is 6.92 Å². The van der Waals surface area contributed by atoms with Gasteiger partial charge < -0.3 is 19.9 Å². The number of aliphatic carboxylic acids is 1. The van der Waals surface area contributed by atoms with Crippen LogP contribution in [-0.4, -0.2) is 41.4 Å². The summed E-state index contributed by atoms with van der Waals surface area (Å²) in [5, 5.41) is 11.1. The van der Waals surface area contributed by atoms with Gasteiger partial charge in [-0.1, -0.05) is 13.3 Å². The Labute approximate surface area is 118 Å². The second kappa shape index (κ2) is 8.39. The molecule has 0 aliphatic carbocycles. The lowest BCUT2D eigenvalue weighted by atomic mass is 10.1. The molecule has 0 radical (unpaired) electrons. The molecule has 7 heteroatoms. The summed E-state index contributed by atoms with van der Waals surface area (Å²) in [5.74, 6) is -2.01. The molecule has 0 unspecified atom stereocenters. The van der Waals surface area contributed by atoms with Crippen LogP contribution in [0.4, 0.5) is 4.79 Å². The molecule has 1 amide bonds. The fourth-order valence-electron chi connectivity index (χ4n) is 1.24. The third-order valence-corrected chi connectivity index (χ3v) is 2.11. The summed E-state index contributed by atoms with van der Waals surface area (Å²) in [6.45, 7) is 7.16. The smallest absolute Gasteiger partial charge is 0.407 e. The van der Waals surface area contributed by atoms with Crippen molar-refractivity contribution in [3.8, 4) is 0 Å². The van der Waals surface area contributed by atoms with Gasteiger partial charge in [-0.2, -0.15) is 0 Å². The van der Waals surface area contributed by atoms with Crippen LogP contribution in [-0.2, 0) is 19.1 Å². The normalized spacial score (nSPS) is 12.4. The van der Waals surface area contributed by atoms with E-state index in [0.29, 0.717) is 6.42 Å². The lowest BCUT2D eigenvalue weighted by Gasteiger charge is -2.21.